The SMILES string of the molecule is CCNc1ncc(Cl)c(N(C)CC2CC2C)n1. The number of nitrogens with one attached hydrogen (secondary N) is 1. The number of anilines is 2. The topological polar surface area (TPSA) is 41.1 Å². The Morgan fingerprint density at radius 2 is 2.29 bits per heavy atom. The second-order valence-corrected chi connectivity index (χ2v) is 5.16. The summed E-state index contributed by atoms with van der Waals surface area (Å²) in [4.78, 5) is 10.7. The van der Waals surface area contributed by atoms with E-state index < -0.39 is 0 Å². The Bertz CT molecular complexity index is 396. The van der Waals surface area contributed by atoms with Crippen LogP contribution in [0.1, 0.15) is 20.3 Å². The second kappa shape index (κ2) is 5.08. The minimum atomic E-state index is 0.613. The van der Waals surface area contributed by atoms with Gasteiger partial charge in [-0.15, -0.1) is 0 Å². The molecule has 1 fully saturated rings. The molecule has 5 heteroatoms. The molecule has 0 spiro atoms. The van der Waals surface area contributed by atoms with Gasteiger partial charge in [-0.25, -0.2) is 4.98 Å². The molecular weight excluding hydrogens is 236 g/mol. The molecule has 0 amide bonds. The van der Waals surface area contributed by atoms with E-state index in [0.717, 1.165) is 30.7 Å². The predicted molar refractivity (Wildman–Crippen MR) is 71.7 cm³/mol. The lowest BCUT2D eigenvalue weighted by Gasteiger charge is -2.19. The largest absolute Gasteiger partial charge is 0.358 e. The highest BCUT2D eigenvalue weighted by Gasteiger charge is 2.33. The monoisotopic (exact) mass is 254 g/mol. The Morgan fingerprint density at radius 3 is 2.88 bits per heavy atom. The molecule has 1 aliphatic carbocycles. The van der Waals surface area contributed by atoms with Gasteiger partial charge in [0.05, 0.1) is 6.20 Å². The van der Waals surface area contributed by atoms with Crippen LogP contribution in [0.5, 0.6) is 0 Å². The maximum Gasteiger partial charge on any atom is 0.224 e. The molecule has 2 unspecified atom stereocenters. The summed E-state index contributed by atoms with van der Waals surface area (Å²) in [5.74, 6) is 3.08. The zero-order valence-corrected chi connectivity index (χ0v) is 11.3. The number of hydrogen-bond acceptors (Lipinski definition) is 4. The van der Waals surface area contributed by atoms with Crippen molar-refractivity contribution in [3.63, 3.8) is 0 Å². The molecule has 1 aliphatic rings. The minimum absolute atomic E-state index is 0.613. The number of nitrogens with zero attached hydrogens (tertiary/aromatic N) is 3. The van der Waals surface area contributed by atoms with Crippen LogP contribution < -0.4 is 10.2 Å². The van der Waals surface area contributed by atoms with Gasteiger partial charge >= 0.3 is 0 Å². The standard InChI is InChI=1S/C12H19ClN4/c1-4-14-12-15-6-10(13)11(16-12)17(3)7-9-5-8(9)2/h6,8-9H,4-5,7H2,1-3H3,(H,14,15,16). The summed E-state index contributed by atoms with van der Waals surface area (Å²) in [5.41, 5.74) is 0. The van der Waals surface area contributed by atoms with Gasteiger partial charge in [-0.3, -0.25) is 0 Å². The molecule has 1 heterocycles. The van der Waals surface area contributed by atoms with Crippen molar-refractivity contribution < 1.29 is 0 Å². The molecule has 0 aliphatic heterocycles. The summed E-state index contributed by atoms with van der Waals surface area (Å²) in [6.07, 6.45) is 2.97. The fourth-order valence-corrected chi connectivity index (χ4v) is 2.20. The van der Waals surface area contributed by atoms with Crippen LogP contribution in [0.2, 0.25) is 5.02 Å². The summed E-state index contributed by atoms with van der Waals surface area (Å²) >= 11 is 6.14. The van der Waals surface area contributed by atoms with Crippen molar-refractivity contribution in [1.29, 1.82) is 0 Å². The molecular formula is C12H19ClN4. The number of hydrogen-bond donors (Lipinski definition) is 1. The van der Waals surface area contributed by atoms with E-state index in [9.17, 15) is 0 Å². The van der Waals surface area contributed by atoms with Crippen molar-refractivity contribution in [3.05, 3.63) is 11.2 Å². The fraction of sp³-hybridized carbons (Fsp3) is 0.667. The van der Waals surface area contributed by atoms with E-state index in [1.54, 1.807) is 6.20 Å². The van der Waals surface area contributed by atoms with Gasteiger partial charge in [0.1, 0.15) is 5.02 Å². The highest BCUT2D eigenvalue weighted by molar-refractivity contribution is 6.32. The molecule has 1 N–H and O–H groups in total. The third-order valence-electron chi connectivity index (χ3n) is 3.21. The maximum atomic E-state index is 6.14. The fourth-order valence-electron chi connectivity index (χ4n) is 1.96. The van der Waals surface area contributed by atoms with Crippen molar-refractivity contribution >= 4 is 23.4 Å². The molecule has 17 heavy (non-hydrogen) atoms. The van der Waals surface area contributed by atoms with Crippen LogP contribution in [0.25, 0.3) is 0 Å². The van der Waals surface area contributed by atoms with Crippen molar-refractivity contribution in [2.75, 3.05) is 30.4 Å². The van der Waals surface area contributed by atoms with E-state index in [-0.39, 0.29) is 0 Å². The third kappa shape index (κ3) is 3.00. The summed E-state index contributed by atoms with van der Waals surface area (Å²) in [6, 6.07) is 0. The highest BCUT2D eigenvalue weighted by Crippen LogP contribution is 2.39. The third-order valence-corrected chi connectivity index (χ3v) is 3.47. The zero-order chi connectivity index (χ0) is 12.4. The predicted octanol–water partition coefficient (Wildman–Crippen LogP) is 2.65. The summed E-state index contributed by atoms with van der Waals surface area (Å²) in [7, 11) is 2.04. The van der Waals surface area contributed by atoms with Crippen LogP contribution in [0.15, 0.2) is 6.20 Å². The van der Waals surface area contributed by atoms with E-state index in [1.807, 2.05) is 14.0 Å². The Morgan fingerprint density at radius 1 is 1.59 bits per heavy atom. The smallest absolute Gasteiger partial charge is 0.224 e. The average Bonchev–Trinajstić information content (AvgIpc) is 2.97. The first-order valence-electron chi connectivity index (χ1n) is 6.09. The van der Waals surface area contributed by atoms with Crippen molar-refractivity contribution in [1.82, 2.24) is 9.97 Å². The second-order valence-electron chi connectivity index (χ2n) is 4.75. The van der Waals surface area contributed by atoms with Gasteiger partial charge in [0.25, 0.3) is 0 Å². The normalized spacial score (nSPS) is 22.4. The van der Waals surface area contributed by atoms with Gasteiger partial charge in [0.15, 0.2) is 5.82 Å². The molecule has 0 bridgehead atoms. The molecule has 2 rings (SSSR count). The van der Waals surface area contributed by atoms with Gasteiger partial charge < -0.3 is 10.2 Å². The van der Waals surface area contributed by atoms with Crippen LogP contribution >= 0.6 is 11.6 Å². The number of rotatable bonds is 5. The quantitative estimate of drug-likeness (QED) is 0.877. The van der Waals surface area contributed by atoms with Crippen molar-refractivity contribution in [2.45, 2.75) is 20.3 Å². The number of aromatic nitrogens is 2. The van der Waals surface area contributed by atoms with Crippen LogP contribution in [0.3, 0.4) is 0 Å². The molecule has 4 nitrogen and oxygen atoms in total. The first-order valence-corrected chi connectivity index (χ1v) is 6.47. The van der Waals surface area contributed by atoms with Gasteiger partial charge in [-0.05, 0) is 25.2 Å². The molecule has 1 saturated carbocycles. The van der Waals surface area contributed by atoms with E-state index in [0.29, 0.717) is 11.0 Å². The molecule has 1 aromatic heterocycles. The maximum absolute atomic E-state index is 6.14. The van der Waals surface area contributed by atoms with E-state index in [1.165, 1.54) is 6.42 Å². The number of halogens is 1. The molecule has 94 valence electrons. The van der Waals surface area contributed by atoms with E-state index in [4.69, 9.17) is 11.6 Å². The van der Waals surface area contributed by atoms with E-state index in [2.05, 4.69) is 27.1 Å². The Hall–Kier alpha value is -1.03. The average molecular weight is 255 g/mol. The van der Waals surface area contributed by atoms with Crippen molar-refractivity contribution in [3.8, 4) is 0 Å². The van der Waals surface area contributed by atoms with Gasteiger partial charge in [-0.2, -0.15) is 4.98 Å². The summed E-state index contributed by atoms with van der Waals surface area (Å²) in [6.45, 7) is 6.13. The molecule has 0 radical (unpaired) electrons. The Kier molecular flexibility index (Phi) is 3.72. The van der Waals surface area contributed by atoms with Gasteiger partial charge in [-0.1, -0.05) is 18.5 Å². The lowest BCUT2D eigenvalue weighted by Crippen LogP contribution is -2.22. The van der Waals surface area contributed by atoms with Crippen molar-refractivity contribution in [2.24, 2.45) is 11.8 Å². The lowest BCUT2D eigenvalue weighted by atomic mass is 10.3. The Labute approximate surface area is 107 Å². The lowest BCUT2D eigenvalue weighted by molar-refractivity contribution is 0.719. The van der Waals surface area contributed by atoms with Crippen LogP contribution in [0, 0.1) is 11.8 Å². The van der Waals surface area contributed by atoms with Crippen LogP contribution in [-0.4, -0.2) is 30.1 Å². The molecule has 2 atom stereocenters. The summed E-state index contributed by atoms with van der Waals surface area (Å²) < 4.78 is 0. The highest BCUT2D eigenvalue weighted by atomic mass is 35.5. The minimum Gasteiger partial charge on any atom is -0.358 e. The van der Waals surface area contributed by atoms with Gasteiger partial charge in [0, 0.05) is 20.1 Å². The zero-order valence-electron chi connectivity index (χ0n) is 10.6. The van der Waals surface area contributed by atoms with Crippen LogP contribution in [-0.2, 0) is 0 Å². The van der Waals surface area contributed by atoms with E-state index >= 15 is 0 Å². The molecule has 1 aromatic rings. The Balaban J connectivity index is 2.09. The first kappa shape index (κ1) is 12.4. The van der Waals surface area contributed by atoms with Gasteiger partial charge in [0.2, 0.25) is 5.95 Å². The molecule has 0 saturated heterocycles. The summed E-state index contributed by atoms with van der Waals surface area (Å²) in [5, 5.41) is 3.71. The van der Waals surface area contributed by atoms with Crippen LogP contribution in [0.4, 0.5) is 11.8 Å². The molecule has 0 aromatic carbocycles. The first-order chi connectivity index (χ1) is 8.11.